The lowest BCUT2D eigenvalue weighted by Crippen LogP contribution is -2.28. The molecular weight excluding hydrogens is 198 g/mol. The van der Waals surface area contributed by atoms with Crippen molar-refractivity contribution < 1.29 is 19.4 Å². The number of carboxylic acid groups (broad SMARTS) is 1. The minimum atomic E-state index is -0.760. The summed E-state index contributed by atoms with van der Waals surface area (Å²) in [6.45, 7) is 4.71. The molecule has 1 N–H and O–H groups in total. The number of nitrogens with zero attached hydrogens (tertiary/aromatic N) is 1. The number of rotatable bonds is 6. The molecule has 1 aliphatic rings. The summed E-state index contributed by atoms with van der Waals surface area (Å²) in [6, 6.07) is 0. The molecule has 0 aromatic rings. The van der Waals surface area contributed by atoms with Crippen LogP contribution in [0.15, 0.2) is 0 Å². The highest BCUT2D eigenvalue weighted by Gasteiger charge is 2.33. The van der Waals surface area contributed by atoms with Crippen LogP contribution in [0.4, 0.5) is 0 Å². The van der Waals surface area contributed by atoms with E-state index in [0.29, 0.717) is 13.2 Å². The van der Waals surface area contributed by atoms with Crippen molar-refractivity contribution in [2.75, 3.05) is 33.4 Å². The summed E-state index contributed by atoms with van der Waals surface area (Å²) in [4.78, 5) is 12.5. The van der Waals surface area contributed by atoms with Gasteiger partial charge in [0, 0.05) is 33.4 Å². The normalized spacial score (nSPS) is 27.1. The molecule has 0 bridgehead atoms. The number of likely N-dealkylation sites (tertiary alicyclic amines) is 1. The van der Waals surface area contributed by atoms with E-state index in [4.69, 9.17) is 14.6 Å². The molecule has 1 aliphatic heterocycles. The van der Waals surface area contributed by atoms with E-state index in [1.807, 2.05) is 6.92 Å². The third-order valence-corrected chi connectivity index (χ3v) is 2.62. The molecule has 0 saturated carbocycles. The van der Waals surface area contributed by atoms with E-state index < -0.39 is 5.97 Å². The van der Waals surface area contributed by atoms with Crippen LogP contribution in [-0.2, 0) is 14.3 Å². The van der Waals surface area contributed by atoms with Crippen LogP contribution in [0.2, 0.25) is 0 Å². The van der Waals surface area contributed by atoms with Crippen molar-refractivity contribution in [2.24, 2.45) is 0 Å². The van der Waals surface area contributed by atoms with Crippen LogP contribution >= 0.6 is 0 Å². The Labute approximate surface area is 90.0 Å². The lowest BCUT2D eigenvalue weighted by atomic mass is 10.2. The summed E-state index contributed by atoms with van der Waals surface area (Å²) in [6.07, 6.45) is 0.322. The van der Waals surface area contributed by atoms with Crippen molar-refractivity contribution in [2.45, 2.75) is 25.6 Å². The summed E-state index contributed by atoms with van der Waals surface area (Å²) in [5.41, 5.74) is 0. The largest absolute Gasteiger partial charge is 0.481 e. The number of hydrogen-bond donors (Lipinski definition) is 1. The first kappa shape index (κ1) is 12.4. The summed E-state index contributed by atoms with van der Waals surface area (Å²) >= 11 is 0. The molecule has 15 heavy (non-hydrogen) atoms. The molecular formula is C10H19NO4. The van der Waals surface area contributed by atoms with Gasteiger partial charge < -0.3 is 14.6 Å². The summed E-state index contributed by atoms with van der Waals surface area (Å²) in [5.74, 6) is -0.760. The minimum Gasteiger partial charge on any atom is -0.481 e. The highest BCUT2D eigenvalue weighted by atomic mass is 16.5. The van der Waals surface area contributed by atoms with Gasteiger partial charge in [0.05, 0.1) is 18.6 Å². The average Bonchev–Trinajstić information content (AvgIpc) is 2.58. The third kappa shape index (κ3) is 3.77. The number of ether oxygens (including phenoxy) is 2. The van der Waals surface area contributed by atoms with Gasteiger partial charge in [-0.2, -0.15) is 0 Å². The fraction of sp³-hybridized carbons (Fsp3) is 0.900. The summed E-state index contributed by atoms with van der Waals surface area (Å²) < 4.78 is 10.8. The molecule has 5 nitrogen and oxygen atoms in total. The molecule has 0 aromatic carbocycles. The number of aliphatic carboxylic acids is 1. The van der Waals surface area contributed by atoms with E-state index in [2.05, 4.69) is 4.90 Å². The Kier molecular flexibility index (Phi) is 5.01. The standard InChI is InChI=1S/C10H19NO4/c1-3-15-9-7-11(5-4-10(12)13)6-8(9)14-2/h8-9H,3-7H2,1-2H3,(H,12,13). The van der Waals surface area contributed by atoms with Crippen LogP contribution in [0.5, 0.6) is 0 Å². The molecule has 0 aromatic heterocycles. The van der Waals surface area contributed by atoms with Crippen molar-refractivity contribution in [3.8, 4) is 0 Å². The monoisotopic (exact) mass is 217 g/mol. The van der Waals surface area contributed by atoms with Gasteiger partial charge in [0.25, 0.3) is 0 Å². The first-order chi connectivity index (χ1) is 7.17. The first-order valence-electron chi connectivity index (χ1n) is 5.26. The Morgan fingerprint density at radius 3 is 2.67 bits per heavy atom. The van der Waals surface area contributed by atoms with Gasteiger partial charge in [0.2, 0.25) is 0 Å². The zero-order valence-corrected chi connectivity index (χ0v) is 9.31. The summed E-state index contributed by atoms with van der Waals surface area (Å²) in [5, 5.41) is 8.58. The SMILES string of the molecule is CCOC1CN(CCC(=O)O)CC1OC. The minimum absolute atomic E-state index is 0.0683. The van der Waals surface area contributed by atoms with Gasteiger partial charge >= 0.3 is 5.97 Å². The number of carboxylic acids is 1. The van der Waals surface area contributed by atoms with Gasteiger partial charge in [-0.05, 0) is 6.92 Å². The molecule has 0 radical (unpaired) electrons. The van der Waals surface area contributed by atoms with E-state index in [0.717, 1.165) is 13.1 Å². The van der Waals surface area contributed by atoms with Gasteiger partial charge in [0.15, 0.2) is 0 Å². The fourth-order valence-corrected chi connectivity index (χ4v) is 1.86. The van der Waals surface area contributed by atoms with Crippen molar-refractivity contribution in [1.29, 1.82) is 0 Å². The van der Waals surface area contributed by atoms with E-state index in [9.17, 15) is 4.79 Å². The smallest absolute Gasteiger partial charge is 0.304 e. The maximum absolute atomic E-state index is 10.4. The van der Waals surface area contributed by atoms with E-state index in [1.54, 1.807) is 7.11 Å². The Morgan fingerprint density at radius 1 is 1.47 bits per heavy atom. The number of methoxy groups -OCH3 is 1. The Balaban J connectivity index is 2.35. The predicted molar refractivity (Wildman–Crippen MR) is 54.9 cm³/mol. The topological polar surface area (TPSA) is 59.0 Å². The number of hydrogen-bond acceptors (Lipinski definition) is 4. The van der Waals surface area contributed by atoms with Crippen LogP contribution in [-0.4, -0.2) is 61.5 Å². The first-order valence-corrected chi connectivity index (χ1v) is 5.26. The molecule has 88 valence electrons. The summed E-state index contributed by atoms with van der Waals surface area (Å²) in [7, 11) is 1.66. The number of carbonyl (C=O) groups is 1. The third-order valence-electron chi connectivity index (χ3n) is 2.62. The van der Waals surface area contributed by atoms with Gasteiger partial charge in [-0.25, -0.2) is 0 Å². The maximum Gasteiger partial charge on any atom is 0.304 e. The van der Waals surface area contributed by atoms with Crippen LogP contribution in [0.3, 0.4) is 0 Å². The second-order valence-electron chi connectivity index (χ2n) is 3.67. The van der Waals surface area contributed by atoms with Crippen molar-refractivity contribution in [3.63, 3.8) is 0 Å². The molecule has 5 heteroatoms. The predicted octanol–water partition coefficient (Wildman–Crippen LogP) is 0.197. The molecule has 1 heterocycles. The van der Waals surface area contributed by atoms with Crippen molar-refractivity contribution in [3.05, 3.63) is 0 Å². The van der Waals surface area contributed by atoms with Crippen molar-refractivity contribution in [1.82, 2.24) is 4.90 Å². The Bertz CT molecular complexity index is 210. The van der Waals surface area contributed by atoms with Gasteiger partial charge in [0.1, 0.15) is 0 Å². The fourth-order valence-electron chi connectivity index (χ4n) is 1.86. The van der Waals surface area contributed by atoms with Crippen molar-refractivity contribution >= 4 is 5.97 Å². The van der Waals surface area contributed by atoms with Gasteiger partial charge in [-0.1, -0.05) is 0 Å². The average molecular weight is 217 g/mol. The lowest BCUT2D eigenvalue weighted by molar-refractivity contribution is -0.137. The van der Waals surface area contributed by atoms with E-state index >= 15 is 0 Å². The molecule has 0 amide bonds. The second-order valence-corrected chi connectivity index (χ2v) is 3.67. The molecule has 0 spiro atoms. The quantitative estimate of drug-likeness (QED) is 0.688. The highest BCUT2D eigenvalue weighted by molar-refractivity contribution is 5.66. The van der Waals surface area contributed by atoms with E-state index in [-0.39, 0.29) is 18.6 Å². The van der Waals surface area contributed by atoms with Crippen LogP contribution in [0.25, 0.3) is 0 Å². The van der Waals surface area contributed by atoms with Crippen LogP contribution in [0.1, 0.15) is 13.3 Å². The molecule has 1 rings (SSSR count). The maximum atomic E-state index is 10.4. The highest BCUT2D eigenvalue weighted by Crippen LogP contribution is 2.16. The van der Waals surface area contributed by atoms with Crippen LogP contribution < -0.4 is 0 Å². The van der Waals surface area contributed by atoms with Gasteiger partial charge in [-0.3, -0.25) is 9.69 Å². The van der Waals surface area contributed by atoms with E-state index in [1.165, 1.54) is 0 Å². The van der Waals surface area contributed by atoms with Crippen LogP contribution in [0, 0.1) is 0 Å². The molecule has 0 aliphatic carbocycles. The molecule has 2 atom stereocenters. The zero-order valence-electron chi connectivity index (χ0n) is 9.31. The van der Waals surface area contributed by atoms with Gasteiger partial charge in [-0.15, -0.1) is 0 Å². The Morgan fingerprint density at radius 2 is 2.13 bits per heavy atom. The Hall–Kier alpha value is -0.650. The molecule has 1 saturated heterocycles. The second kappa shape index (κ2) is 6.05. The lowest BCUT2D eigenvalue weighted by Gasteiger charge is -2.16. The molecule has 1 fully saturated rings. The zero-order chi connectivity index (χ0) is 11.3. The molecule has 2 unspecified atom stereocenters.